The molecule has 0 aliphatic carbocycles. The van der Waals surface area contributed by atoms with Gasteiger partial charge in [0, 0.05) is 16.3 Å². The lowest BCUT2D eigenvalue weighted by Crippen LogP contribution is -2.46. The number of carbonyl (C=O) groups excluding carboxylic acids is 1. The first-order valence-electron chi connectivity index (χ1n) is 11.1. The predicted octanol–water partition coefficient (Wildman–Crippen LogP) is 6.41. The van der Waals surface area contributed by atoms with Crippen molar-refractivity contribution in [2.24, 2.45) is 0 Å². The van der Waals surface area contributed by atoms with Gasteiger partial charge in [0.2, 0.25) is 5.82 Å². The Morgan fingerprint density at radius 2 is 1.77 bits per heavy atom. The summed E-state index contributed by atoms with van der Waals surface area (Å²) in [6.07, 6.45) is 0. The summed E-state index contributed by atoms with van der Waals surface area (Å²) in [7, 11) is 1.60. The molecule has 1 unspecified atom stereocenters. The number of carbonyl (C=O) groups is 1. The minimum atomic E-state index is -0.467. The molecule has 0 saturated carbocycles. The molecule has 4 aromatic rings. The number of methoxy groups -OCH3 is 1. The number of rotatable bonds is 5. The van der Waals surface area contributed by atoms with Gasteiger partial charge in [-0.3, -0.25) is 4.90 Å². The number of anilines is 1. The molecule has 2 amide bonds. The van der Waals surface area contributed by atoms with Gasteiger partial charge in [-0.15, -0.1) is 0 Å². The number of allylic oxidation sites excluding steroid dienone is 1. The van der Waals surface area contributed by atoms with E-state index in [1.807, 2.05) is 74.5 Å². The van der Waals surface area contributed by atoms with Crippen LogP contribution < -0.4 is 15.0 Å². The van der Waals surface area contributed by atoms with Crippen LogP contribution in [0.5, 0.6) is 5.75 Å². The molecule has 1 aliphatic rings. The minimum Gasteiger partial charge on any atom is -0.497 e. The second-order valence-electron chi connectivity index (χ2n) is 8.26. The summed E-state index contributed by atoms with van der Waals surface area (Å²) in [4.78, 5) is 19.6. The maximum atomic E-state index is 13.3. The monoisotopic (exact) mass is 486 g/mol. The Balaban J connectivity index is 1.64. The molecule has 35 heavy (non-hydrogen) atoms. The van der Waals surface area contributed by atoms with E-state index in [0.29, 0.717) is 39.4 Å². The van der Waals surface area contributed by atoms with Gasteiger partial charge >= 0.3 is 6.03 Å². The van der Waals surface area contributed by atoms with Gasteiger partial charge in [-0.2, -0.15) is 4.98 Å². The van der Waals surface area contributed by atoms with Gasteiger partial charge in [0.05, 0.1) is 24.4 Å². The molecule has 0 bridgehead atoms. The number of hydrogen-bond donors (Lipinski definition) is 1. The Morgan fingerprint density at radius 1 is 1.03 bits per heavy atom. The topological polar surface area (TPSA) is 80.5 Å². The van der Waals surface area contributed by atoms with Gasteiger partial charge in [-0.05, 0) is 55.8 Å². The molecule has 0 radical (unpaired) electrons. The van der Waals surface area contributed by atoms with E-state index in [1.165, 1.54) is 0 Å². The van der Waals surface area contributed by atoms with Gasteiger partial charge in [-0.1, -0.05) is 58.7 Å². The van der Waals surface area contributed by atoms with Crippen molar-refractivity contribution in [1.82, 2.24) is 15.5 Å². The number of amides is 2. The van der Waals surface area contributed by atoms with Crippen LogP contribution >= 0.6 is 11.6 Å². The third-order valence-corrected chi connectivity index (χ3v) is 6.20. The third kappa shape index (κ3) is 4.38. The van der Waals surface area contributed by atoms with Crippen molar-refractivity contribution < 1.29 is 14.1 Å². The Bertz CT molecular complexity index is 1410. The number of aryl methyl sites for hydroxylation is 1. The second-order valence-corrected chi connectivity index (χ2v) is 8.70. The maximum Gasteiger partial charge on any atom is 0.326 e. The molecule has 0 fully saturated rings. The van der Waals surface area contributed by atoms with Crippen molar-refractivity contribution in [2.45, 2.75) is 19.9 Å². The fourth-order valence-electron chi connectivity index (χ4n) is 4.15. The average Bonchev–Trinajstić information content (AvgIpc) is 3.34. The highest BCUT2D eigenvalue weighted by atomic mass is 35.5. The zero-order chi connectivity index (χ0) is 24.5. The highest BCUT2D eigenvalue weighted by molar-refractivity contribution is 6.30. The summed E-state index contributed by atoms with van der Waals surface area (Å²) in [6, 6.07) is 21.8. The van der Waals surface area contributed by atoms with Crippen LogP contribution in [0, 0.1) is 6.92 Å². The molecule has 176 valence electrons. The van der Waals surface area contributed by atoms with E-state index in [2.05, 4.69) is 15.5 Å². The van der Waals surface area contributed by atoms with Crippen molar-refractivity contribution in [3.05, 3.63) is 101 Å². The summed E-state index contributed by atoms with van der Waals surface area (Å²) < 4.78 is 11.0. The van der Waals surface area contributed by atoms with Crippen molar-refractivity contribution in [2.75, 3.05) is 12.0 Å². The van der Waals surface area contributed by atoms with Gasteiger partial charge in [0.15, 0.2) is 0 Å². The molecule has 0 spiro atoms. The molecule has 5 rings (SSSR count). The van der Waals surface area contributed by atoms with Crippen molar-refractivity contribution in [3.8, 4) is 17.1 Å². The van der Waals surface area contributed by atoms with Crippen LogP contribution in [-0.2, 0) is 0 Å². The number of urea groups is 1. The van der Waals surface area contributed by atoms with Crippen molar-refractivity contribution in [1.29, 1.82) is 0 Å². The number of nitrogens with one attached hydrogen (secondary N) is 1. The maximum absolute atomic E-state index is 13.3. The van der Waals surface area contributed by atoms with Crippen LogP contribution in [0.4, 0.5) is 10.5 Å². The minimum absolute atomic E-state index is 0.253. The normalized spacial score (nSPS) is 15.8. The number of nitrogens with zero attached hydrogens (tertiary/aromatic N) is 3. The number of aromatic nitrogens is 2. The molecule has 3 aromatic carbocycles. The molecule has 1 aromatic heterocycles. The first-order chi connectivity index (χ1) is 16.9. The molecule has 1 atom stereocenters. The summed E-state index contributed by atoms with van der Waals surface area (Å²) in [5.41, 5.74) is 4.87. The lowest BCUT2D eigenvalue weighted by molar-refractivity contribution is 0.244. The molecule has 0 saturated heterocycles. The molecular weight excluding hydrogens is 464 g/mol. The fourth-order valence-corrected chi connectivity index (χ4v) is 4.34. The molecular formula is C27H23ClN4O3. The van der Waals surface area contributed by atoms with E-state index in [0.717, 1.165) is 16.7 Å². The van der Waals surface area contributed by atoms with E-state index >= 15 is 0 Å². The van der Waals surface area contributed by atoms with E-state index < -0.39 is 6.04 Å². The molecule has 8 heteroatoms. The molecule has 1 N–H and O–H groups in total. The van der Waals surface area contributed by atoms with E-state index in [4.69, 9.17) is 20.9 Å². The quantitative estimate of drug-likeness (QED) is 0.352. The summed E-state index contributed by atoms with van der Waals surface area (Å²) in [5, 5.41) is 7.89. The fraction of sp³-hybridized carbons (Fsp3) is 0.148. The van der Waals surface area contributed by atoms with Crippen LogP contribution in [0.2, 0.25) is 5.02 Å². The largest absolute Gasteiger partial charge is 0.497 e. The van der Waals surface area contributed by atoms with Crippen LogP contribution in [0.25, 0.3) is 17.0 Å². The highest BCUT2D eigenvalue weighted by Gasteiger charge is 2.36. The molecule has 7 nitrogen and oxygen atoms in total. The van der Waals surface area contributed by atoms with E-state index in [9.17, 15) is 4.79 Å². The lowest BCUT2D eigenvalue weighted by atomic mass is 9.94. The van der Waals surface area contributed by atoms with Crippen LogP contribution in [0.1, 0.15) is 30.0 Å². The number of ether oxygens (including phenoxy) is 1. The van der Waals surface area contributed by atoms with Crippen LogP contribution in [0.15, 0.2) is 83.0 Å². The zero-order valence-electron chi connectivity index (χ0n) is 19.4. The van der Waals surface area contributed by atoms with Gasteiger partial charge in [-0.25, -0.2) is 4.79 Å². The first kappa shape index (κ1) is 22.7. The SMILES string of the molecule is COc1ccc(N2C(=O)NC(c3ccc(C)cc3)C(c3nc(-c4cccc(Cl)c4)no3)=C2C)cc1. The molecule has 2 heterocycles. The summed E-state index contributed by atoms with van der Waals surface area (Å²) in [5.74, 6) is 1.44. The predicted molar refractivity (Wildman–Crippen MR) is 135 cm³/mol. The van der Waals surface area contributed by atoms with Crippen LogP contribution in [-0.4, -0.2) is 23.3 Å². The van der Waals surface area contributed by atoms with E-state index in [-0.39, 0.29) is 6.03 Å². The smallest absolute Gasteiger partial charge is 0.326 e. The Kier molecular flexibility index (Phi) is 6.01. The average molecular weight is 487 g/mol. The number of halogens is 1. The van der Waals surface area contributed by atoms with Crippen LogP contribution in [0.3, 0.4) is 0 Å². The van der Waals surface area contributed by atoms with E-state index in [1.54, 1.807) is 24.1 Å². The zero-order valence-corrected chi connectivity index (χ0v) is 20.2. The lowest BCUT2D eigenvalue weighted by Gasteiger charge is -2.35. The number of hydrogen-bond acceptors (Lipinski definition) is 5. The van der Waals surface area contributed by atoms with Gasteiger partial charge in [0.25, 0.3) is 5.89 Å². The summed E-state index contributed by atoms with van der Waals surface area (Å²) >= 11 is 6.16. The summed E-state index contributed by atoms with van der Waals surface area (Å²) in [6.45, 7) is 3.90. The second kappa shape index (κ2) is 9.27. The van der Waals surface area contributed by atoms with Crippen molar-refractivity contribution >= 4 is 28.9 Å². The Hall–Kier alpha value is -4.10. The van der Waals surface area contributed by atoms with Crippen molar-refractivity contribution in [3.63, 3.8) is 0 Å². The highest BCUT2D eigenvalue weighted by Crippen LogP contribution is 2.39. The molecule has 1 aliphatic heterocycles. The standard InChI is InChI=1S/C27H23ClN4O3/c1-16-7-9-18(10-8-16)24-23(26-30-25(31-35-26)19-5-4-6-20(28)15-19)17(2)32(27(33)29-24)21-11-13-22(34-3)14-12-21/h4-15,24H,1-3H3,(H,29,33). The Labute approximate surface area is 208 Å². The van der Waals surface area contributed by atoms with Gasteiger partial charge in [0.1, 0.15) is 5.75 Å². The first-order valence-corrected chi connectivity index (χ1v) is 11.4. The Morgan fingerprint density at radius 3 is 2.46 bits per heavy atom. The number of benzene rings is 3. The van der Waals surface area contributed by atoms with Gasteiger partial charge < -0.3 is 14.6 Å². The third-order valence-electron chi connectivity index (χ3n) is 5.97.